The fraction of sp³-hybridized carbons (Fsp3) is 0.471. The van der Waals surface area contributed by atoms with Gasteiger partial charge in [-0.2, -0.15) is 0 Å². The molecule has 0 rings (SSSR count). The summed E-state index contributed by atoms with van der Waals surface area (Å²) in [4.78, 5) is 51.8. The maximum atomic E-state index is 11.8. The van der Waals surface area contributed by atoms with Crippen molar-refractivity contribution in [1.29, 1.82) is 0 Å². The van der Waals surface area contributed by atoms with Crippen LogP contribution in [-0.2, 0) is 19.2 Å². The molecule has 0 spiro atoms. The van der Waals surface area contributed by atoms with E-state index < -0.39 is 0 Å². The third kappa shape index (κ3) is 26.3. The van der Waals surface area contributed by atoms with Crippen LogP contribution in [0.25, 0.3) is 0 Å². The summed E-state index contributed by atoms with van der Waals surface area (Å²) in [5.41, 5.74) is 0. The molecular weight excluding hydrogens is 528 g/mol. The first-order chi connectivity index (χ1) is 20.0. The van der Waals surface area contributed by atoms with Crippen LogP contribution >= 0.6 is 0 Å². The molecule has 8 heteroatoms. The van der Waals surface area contributed by atoms with Gasteiger partial charge >= 0.3 is 0 Å². The van der Waals surface area contributed by atoms with Crippen LogP contribution in [-0.4, -0.2) is 95.6 Å². The minimum Gasteiger partial charge on any atom is -0.343 e. The van der Waals surface area contributed by atoms with E-state index in [4.69, 9.17) is 0 Å². The molecule has 0 aromatic heterocycles. The predicted octanol–water partition coefficient (Wildman–Crippen LogP) is 5.83. The van der Waals surface area contributed by atoms with Gasteiger partial charge in [0, 0.05) is 72.6 Å². The molecule has 0 unspecified atom stereocenters. The van der Waals surface area contributed by atoms with Crippen molar-refractivity contribution >= 4 is 23.6 Å². The second kappa shape index (κ2) is 33.3. The van der Waals surface area contributed by atoms with Crippen LogP contribution in [0.15, 0.2) is 89.1 Å². The highest BCUT2D eigenvalue weighted by Crippen LogP contribution is 2.03. The Morgan fingerprint density at radius 3 is 1.29 bits per heavy atom. The lowest BCUT2D eigenvalue weighted by molar-refractivity contribution is -0.130. The molecule has 0 fully saturated rings. The zero-order chi connectivity index (χ0) is 33.3. The van der Waals surface area contributed by atoms with E-state index in [1.165, 1.54) is 13.0 Å². The van der Waals surface area contributed by atoms with E-state index in [1.54, 1.807) is 52.0 Å². The summed E-state index contributed by atoms with van der Waals surface area (Å²) in [5, 5.41) is 0. The Bertz CT molecular complexity index is 812. The van der Waals surface area contributed by atoms with Crippen LogP contribution in [0, 0.1) is 0 Å². The summed E-state index contributed by atoms with van der Waals surface area (Å²) in [6.07, 6.45) is 12.8. The molecule has 0 saturated heterocycles. The summed E-state index contributed by atoms with van der Waals surface area (Å²) in [6.45, 7) is 39.9. The van der Waals surface area contributed by atoms with Gasteiger partial charge in [-0.3, -0.25) is 19.2 Å². The van der Waals surface area contributed by atoms with Crippen LogP contribution in [0.2, 0.25) is 0 Å². The Labute approximate surface area is 257 Å². The minimum atomic E-state index is -0.0967. The summed E-state index contributed by atoms with van der Waals surface area (Å²) in [7, 11) is 0. The smallest absolute Gasteiger partial charge is 0.246 e. The maximum absolute atomic E-state index is 11.8. The zero-order valence-corrected chi connectivity index (χ0v) is 27.0. The van der Waals surface area contributed by atoms with Crippen molar-refractivity contribution in [1.82, 2.24) is 19.6 Å². The van der Waals surface area contributed by atoms with Gasteiger partial charge in [-0.05, 0) is 32.3 Å². The van der Waals surface area contributed by atoms with E-state index in [0.29, 0.717) is 45.7 Å². The SMILES string of the molecule is C=C.C=CCC(=O)N(CC=C)CCCCN(CC=C)C(=O)C=C.C=CCN(CC=C)C(C)=O.CCCN(CC)C(C)=O. The number of hydrogen-bond donors (Lipinski definition) is 0. The summed E-state index contributed by atoms with van der Waals surface area (Å²) in [5.74, 6) is 0.190. The lowest BCUT2D eigenvalue weighted by Gasteiger charge is -2.22. The number of nitrogens with zero attached hydrogens (tertiary/aromatic N) is 4. The standard InChI is InChI=1S/C17H26N2O2.C8H13NO.C7H15NO.C2H4/c1-5-11-17(21)19(13-7-3)15-10-9-14-18(12-6-2)16(20)8-4;1-4-6-9(7-5-2)8(3)10;1-4-6-8(5-2)7(3)9;1-2/h5-8H,1-4,9-15H2;4-5H,1-2,6-7H2,3H3;4-6H2,1-3H3;1-2H2. The minimum absolute atomic E-state index is 0.0509. The first-order valence-electron chi connectivity index (χ1n) is 14.3. The lowest BCUT2D eigenvalue weighted by atomic mass is 10.2. The molecule has 0 aromatic rings. The van der Waals surface area contributed by atoms with Crippen LogP contribution in [0.5, 0.6) is 0 Å². The Hall–Kier alpha value is -3.94. The van der Waals surface area contributed by atoms with Crippen LogP contribution in [0.1, 0.15) is 53.4 Å². The molecule has 0 saturated carbocycles. The summed E-state index contributed by atoms with van der Waals surface area (Å²) in [6, 6.07) is 0. The molecule has 0 atom stereocenters. The molecule has 0 heterocycles. The highest BCUT2D eigenvalue weighted by atomic mass is 16.2. The van der Waals surface area contributed by atoms with Gasteiger partial charge in [0.25, 0.3) is 0 Å². The van der Waals surface area contributed by atoms with Gasteiger partial charge in [-0.25, -0.2) is 0 Å². The summed E-state index contributed by atoms with van der Waals surface area (Å²) >= 11 is 0. The molecular formula is C34H58N4O4. The third-order valence-corrected chi connectivity index (χ3v) is 5.43. The maximum Gasteiger partial charge on any atom is 0.246 e. The number of amides is 4. The highest BCUT2D eigenvalue weighted by Gasteiger charge is 2.11. The fourth-order valence-corrected chi connectivity index (χ4v) is 3.36. The molecule has 8 nitrogen and oxygen atoms in total. The number of carbonyl (C=O) groups excluding carboxylic acids is 4. The number of carbonyl (C=O) groups is 4. The van der Waals surface area contributed by atoms with E-state index in [-0.39, 0.29) is 23.6 Å². The monoisotopic (exact) mass is 586 g/mol. The summed E-state index contributed by atoms with van der Waals surface area (Å²) < 4.78 is 0. The molecule has 0 aromatic carbocycles. The normalized spacial score (nSPS) is 8.86. The molecule has 0 bridgehead atoms. The van der Waals surface area contributed by atoms with Crippen molar-refractivity contribution in [3.8, 4) is 0 Å². The van der Waals surface area contributed by atoms with Crippen molar-refractivity contribution in [2.24, 2.45) is 0 Å². The first kappa shape index (κ1) is 45.1. The van der Waals surface area contributed by atoms with Crippen molar-refractivity contribution in [3.05, 3.63) is 89.1 Å². The van der Waals surface area contributed by atoms with E-state index in [0.717, 1.165) is 32.4 Å². The van der Waals surface area contributed by atoms with Crippen molar-refractivity contribution < 1.29 is 19.2 Å². The Balaban J connectivity index is -0.000000285. The van der Waals surface area contributed by atoms with Gasteiger partial charge < -0.3 is 19.6 Å². The fourth-order valence-electron chi connectivity index (χ4n) is 3.36. The molecule has 4 amide bonds. The number of hydrogen-bond acceptors (Lipinski definition) is 4. The Kier molecular flexibility index (Phi) is 35.7. The zero-order valence-electron chi connectivity index (χ0n) is 27.0. The van der Waals surface area contributed by atoms with E-state index >= 15 is 0 Å². The van der Waals surface area contributed by atoms with E-state index in [1.807, 2.05) is 11.8 Å². The van der Waals surface area contributed by atoms with Crippen LogP contribution < -0.4 is 0 Å². The van der Waals surface area contributed by atoms with Crippen molar-refractivity contribution in [3.63, 3.8) is 0 Å². The highest BCUT2D eigenvalue weighted by molar-refractivity contribution is 5.87. The average Bonchev–Trinajstić information content (AvgIpc) is 2.97. The molecule has 0 aliphatic heterocycles. The average molecular weight is 587 g/mol. The molecule has 42 heavy (non-hydrogen) atoms. The Morgan fingerprint density at radius 2 is 0.976 bits per heavy atom. The van der Waals surface area contributed by atoms with Gasteiger partial charge in [-0.15, -0.1) is 46.1 Å². The number of unbranched alkanes of at least 4 members (excludes halogenated alkanes) is 1. The topological polar surface area (TPSA) is 81.2 Å². The van der Waals surface area contributed by atoms with Gasteiger partial charge in [0.1, 0.15) is 0 Å². The largest absolute Gasteiger partial charge is 0.343 e. The second-order valence-electron chi connectivity index (χ2n) is 8.71. The first-order valence-corrected chi connectivity index (χ1v) is 14.3. The Morgan fingerprint density at radius 1 is 0.571 bits per heavy atom. The van der Waals surface area contributed by atoms with Crippen molar-refractivity contribution in [2.45, 2.75) is 53.4 Å². The van der Waals surface area contributed by atoms with Gasteiger partial charge in [0.05, 0.1) is 0 Å². The van der Waals surface area contributed by atoms with Crippen molar-refractivity contribution in [2.75, 3.05) is 52.4 Å². The number of rotatable bonds is 19. The molecule has 238 valence electrons. The van der Waals surface area contributed by atoms with Gasteiger partial charge in [-0.1, -0.05) is 43.9 Å². The third-order valence-electron chi connectivity index (χ3n) is 5.43. The van der Waals surface area contributed by atoms with Crippen LogP contribution in [0.4, 0.5) is 0 Å². The quantitative estimate of drug-likeness (QED) is 0.108. The van der Waals surface area contributed by atoms with E-state index in [2.05, 4.69) is 59.6 Å². The second-order valence-corrected chi connectivity index (χ2v) is 8.71. The molecule has 0 aliphatic carbocycles. The van der Waals surface area contributed by atoms with Crippen LogP contribution in [0.3, 0.4) is 0 Å². The molecule has 0 radical (unpaired) electrons. The molecule has 0 aliphatic rings. The molecule has 0 N–H and O–H groups in total. The van der Waals surface area contributed by atoms with E-state index in [9.17, 15) is 19.2 Å². The lowest BCUT2D eigenvalue weighted by Crippen LogP contribution is -2.33. The van der Waals surface area contributed by atoms with Gasteiger partial charge in [0.2, 0.25) is 23.6 Å². The predicted molar refractivity (Wildman–Crippen MR) is 180 cm³/mol. The van der Waals surface area contributed by atoms with Gasteiger partial charge in [0.15, 0.2) is 0 Å².